The Morgan fingerprint density at radius 3 is 2.78 bits per heavy atom. The Morgan fingerprint density at radius 2 is 2.09 bits per heavy atom. The number of anilines is 1. The largest absolute Gasteiger partial charge is 0.322 e. The molecule has 0 spiro atoms. The van der Waals surface area contributed by atoms with E-state index in [0.29, 0.717) is 18.8 Å². The summed E-state index contributed by atoms with van der Waals surface area (Å²) in [5.41, 5.74) is 1.88. The van der Waals surface area contributed by atoms with Crippen molar-refractivity contribution < 1.29 is 9.00 Å². The van der Waals surface area contributed by atoms with Gasteiger partial charge in [-0.1, -0.05) is 30.3 Å². The monoisotopic (exact) mass is 349 g/mol. The first kappa shape index (κ1) is 16.1. The number of aromatic nitrogens is 1. The molecule has 1 atom stereocenters. The average Bonchev–Trinajstić information content (AvgIpc) is 2.99. The molecule has 0 radical (unpaired) electrons. The van der Waals surface area contributed by atoms with E-state index in [2.05, 4.69) is 9.69 Å². The molecule has 1 saturated heterocycles. The summed E-state index contributed by atoms with van der Waals surface area (Å²) in [5, 5.41) is 3.62. The summed E-state index contributed by atoms with van der Waals surface area (Å²) in [4.78, 5) is 14.1. The highest BCUT2D eigenvalue weighted by Gasteiger charge is 2.35. The second-order valence-electron chi connectivity index (χ2n) is 6.10. The van der Waals surface area contributed by atoms with Crippen LogP contribution in [0, 0.1) is 0 Å². The van der Waals surface area contributed by atoms with E-state index in [9.17, 15) is 9.00 Å². The van der Waals surface area contributed by atoms with Gasteiger partial charge in [-0.2, -0.15) is 4.37 Å². The molecule has 7 heteroatoms. The number of urea groups is 1. The summed E-state index contributed by atoms with van der Waals surface area (Å²) in [7, 11) is -0.886. The van der Waals surface area contributed by atoms with Gasteiger partial charge in [0.2, 0.25) is 0 Å². The van der Waals surface area contributed by atoms with Crippen LogP contribution in [-0.4, -0.2) is 43.1 Å². The number of benzene rings is 1. The Morgan fingerprint density at radius 1 is 1.35 bits per heavy atom. The first-order chi connectivity index (χ1) is 11.0. The molecule has 1 aliphatic heterocycles. The van der Waals surface area contributed by atoms with Crippen molar-refractivity contribution in [2.75, 3.05) is 24.2 Å². The van der Waals surface area contributed by atoms with Crippen molar-refractivity contribution in [3.8, 4) is 11.3 Å². The van der Waals surface area contributed by atoms with E-state index in [1.807, 2.05) is 50.2 Å². The minimum absolute atomic E-state index is 0.155. The van der Waals surface area contributed by atoms with Gasteiger partial charge in [-0.3, -0.25) is 9.53 Å². The van der Waals surface area contributed by atoms with E-state index in [-0.39, 0.29) is 10.8 Å². The molecular formula is C16H19N3O2S2. The Hall–Kier alpha value is -1.73. The lowest BCUT2D eigenvalue weighted by Crippen LogP contribution is -2.53. The van der Waals surface area contributed by atoms with Crippen LogP contribution >= 0.6 is 11.5 Å². The maximum absolute atomic E-state index is 12.4. The summed E-state index contributed by atoms with van der Waals surface area (Å²) in [5.74, 6) is 0.526. The second kappa shape index (κ2) is 6.41. The van der Waals surface area contributed by atoms with Crippen LogP contribution in [0.5, 0.6) is 0 Å². The van der Waals surface area contributed by atoms with E-state index in [1.165, 1.54) is 11.5 Å². The first-order valence-electron chi connectivity index (χ1n) is 7.42. The number of nitrogens with zero attached hydrogens (tertiary/aromatic N) is 2. The predicted molar refractivity (Wildman–Crippen MR) is 95.2 cm³/mol. The van der Waals surface area contributed by atoms with E-state index in [1.54, 1.807) is 4.90 Å². The van der Waals surface area contributed by atoms with E-state index in [4.69, 9.17) is 0 Å². The van der Waals surface area contributed by atoms with Crippen LogP contribution in [0.15, 0.2) is 36.4 Å². The molecule has 5 nitrogen and oxygen atoms in total. The normalized spacial score (nSPS) is 20.3. The lowest BCUT2D eigenvalue weighted by molar-refractivity contribution is 0.208. The van der Waals surface area contributed by atoms with Crippen molar-refractivity contribution in [1.29, 1.82) is 0 Å². The molecule has 1 aromatic heterocycles. The lowest BCUT2D eigenvalue weighted by atomic mass is 10.1. The second-order valence-corrected chi connectivity index (χ2v) is 9.11. The minimum atomic E-state index is -0.886. The van der Waals surface area contributed by atoms with Crippen LogP contribution in [0.3, 0.4) is 0 Å². The minimum Gasteiger partial charge on any atom is -0.322 e. The molecular weight excluding hydrogens is 330 g/mol. The molecule has 0 aliphatic carbocycles. The van der Waals surface area contributed by atoms with Gasteiger partial charge in [0.15, 0.2) is 0 Å². The van der Waals surface area contributed by atoms with Crippen molar-refractivity contribution in [2.45, 2.75) is 18.6 Å². The van der Waals surface area contributed by atoms with Gasteiger partial charge in [-0.05, 0) is 25.4 Å². The van der Waals surface area contributed by atoms with E-state index >= 15 is 0 Å². The highest BCUT2D eigenvalue weighted by molar-refractivity contribution is 7.86. The molecule has 0 bridgehead atoms. The maximum Gasteiger partial charge on any atom is 0.322 e. The number of carbonyl (C=O) groups excluding carboxylic acids is 1. The number of nitrogens with one attached hydrogen (secondary N) is 1. The van der Waals surface area contributed by atoms with Crippen molar-refractivity contribution in [3.05, 3.63) is 36.4 Å². The predicted octanol–water partition coefficient (Wildman–Crippen LogP) is 3.18. The third-order valence-corrected chi connectivity index (χ3v) is 6.45. The first-order valence-corrected chi connectivity index (χ1v) is 9.51. The molecule has 23 heavy (non-hydrogen) atoms. The number of hydrogen-bond acceptors (Lipinski definition) is 4. The summed E-state index contributed by atoms with van der Waals surface area (Å²) in [6, 6.07) is 11.6. The Balaban J connectivity index is 1.67. The number of carbonyl (C=O) groups is 1. The Labute approximate surface area is 142 Å². The SMILES string of the molecule is CC1(C)CN(C(=O)Nc2cc(-c3ccccc3)ns2)CC[S@@]1=O. The van der Waals surface area contributed by atoms with E-state index in [0.717, 1.165) is 16.3 Å². The third kappa shape index (κ3) is 3.61. The Bertz CT molecular complexity index is 728. The molecule has 1 aromatic carbocycles. The molecule has 122 valence electrons. The fourth-order valence-electron chi connectivity index (χ4n) is 2.52. The standard InChI is InChI=1S/C16H19N3O2S2/c1-16(2)11-19(8-9-23(16)21)15(20)17-14-10-13(18-22-14)12-6-4-3-5-7-12/h3-7,10H,8-9,11H2,1-2H3,(H,17,20)/t23-/m0/s1. The van der Waals surface area contributed by atoms with Gasteiger partial charge in [0.25, 0.3) is 0 Å². The molecule has 2 amide bonds. The maximum atomic E-state index is 12.4. The topological polar surface area (TPSA) is 62.3 Å². The van der Waals surface area contributed by atoms with Gasteiger partial charge < -0.3 is 4.90 Å². The van der Waals surface area contributed by atoms with Crippen LogP contribution in [0.2, 0.25) is 0 Å². The molecule has 3 rings (SSSR count). The van der Waals surface area contributed by atoms with Gasteiger partial charge in [0.1, 0.15) is 5.00 Å². The highest BCUT2D eigenvalue weighted by atomic mass is 32.2. The smallest absolute Gasteiger partial charge is 0.322 e. The van der Waals surface area contributed by atoms with Gasteiger partial charge >= 0.3 is 6.03 Å². The van der Waals surface area contributed by atoms with Gasteiger partial charge in [0, 0.05) is 41.3 Å². The third-order valence-electron chi connectivity index (χ3n) is 3.83. The van der Waals surface area contributed by atoms with Crippen molar-refractivity contribution in [3.63, 3.8) is 0 Å². The van der Waals surface area contributed by atoms with E-state index < -0.39 is 10.8 Å². The quantitative estimate of drug-likeness (QED) is 0.906. The molecule has 0 unspecified atom stereocenters. The van der Waals surface area contributed by atoms with Crippen molar-refractivity contribution in [2.24, 2.45) is 0 Å². The highest BCUT2D eigenvalue weighted by Crippen LogP contribution is 2.26. The van der Waals surface area contributed by atoms with Crippen molar-refractivity contribution >= 4 is 33.4 Å². The number of rotatable bonds is 2. The molecule has 1 N–H and O–H groups in total. The number of amides is 2. The molecule has 0 saturated carbocycles. The molecule has 2 aromatic rings. The molecule has 1 aliphatic rings. The fourth-order valence-corrected chi connectivity index (χ4v) is 4.41. The zero-order valence-electron chi connectivity index (χ0n) is 13.1. The molecule has 2 heterocycles. The average molecular weight is 349 g/mol. The Kier molecular flexibility index (Phi) is 4.50. The molecule has 1 fully saturated rings. The van der Waals surface area contributed by atoms with Gasteiger partial charge in [-0.25, -0.2) is 4.79 Å². The fraction of sp³-hybridized carbons (Fsp3) is 0.375. The lowest BCUT2D eigenvalue weighted by Gasteiger charge is -2.36. The van der Waals surface area contributed by atoms with Crippen LogP contribution in [0.1, 0.15) is 13.8 Å². The van der Waals surface area contributed by atoms with Crippen LogP contribution < -0.4 is 5.32 Å². The zero-order valence-corrected chi connectivity index (χ0v) is 14.7. The van der Waals surface area contributed by atoms with Gasteiger partial charge in [0.05, 0.1) is 10.4 Å². The summed E-state index contributed by atoms with van der Waals surface area (Å²) in [6.07, 6.45) is 0. The number of hydrogen-bond donors (Lipinski definition) is 1. The summed E-state index contributed by atoms with van der Waals surface area (Å²) >= 11 is 1.27. The zero-order chi connectivity index (χ0) is 16.4. The van der Waals surface area contributed by atoms with Crippen LogP contribution in [0.4, 0.5) is 9.80 Å². The van der Waals surface area contributed by atoms with Crippen molar-refractivity contribution in [1.82, 2.24) is 9.27 Å². The van der Waals surface area contributed by atoms with Crippen LogP contribution in [-0.2, 0) is 10.8 Å². The summed E-state index contributed by atoms with van der Waals surface area (Å²) < 4.78 is 16.0. The van der Waals surface area contributed by atoms with Gasteiger partial charge in [-0.15, -0.1) is 0 Å². The van der Waals surface area contributed by atoms with Crippen LogP contribution in [0.25, 0.3) is 11.3 Å². The summed E-state index contributed by atoms with van der Waals surface area (Å²) in [6.45, 7) is 4.88.